The number of benzene rings is 2. The van der Waals surface area contributed by atoms with E-state index in [1.807, 2.05) is 22.8 Å². The fourth-order valence-corrected chi connectivity index (χ4v) is 4.67. The molecule has 0 unspecified atom stereocenters. The Bertz CT molecular complexity index is 1140. The molecule has 9 heteroatoms. The quantitative estimate of drug-likeness (QED) is 0.483. The molecule has 0 aliphatic carbocycles. The van der Waals surface area contributed by atoms with Crippen LogP contribution in [0, 0.1) is 0 Å². The molecule has 0 saturated carbocycles. The molecule has 2 heterocycles. The van der Waals surface area contributed by atoms with Gasteiger partial charge >= 0.3 is 0 Å². The smallest absolute Gasteiger partial charge is 0.254 e. The summed E-state index contributed by atoms with van der Waals surface area (Å²) in [5, 5.41) is 8.90. The van der Waals surface area contributed by atoms with E-state index in [1.54, 1.807) is 41.4 Å². The minimum absolute atomic E-state index is 0.0307. The molecule has 2 amide bonds. The van der Waals surface area contributed by atoms with Crippen LogP contribution in [-0.4, -0.2) is 75.4 Å². The van der Waals surface area contributed by atoms with Crippen molar-refractivity contribution in [2.75, 3.05) is 39.0 Å². The summed E-state index contributed by atoms with van der Waals surface area (Å²) in [5.41, 5.74) is 2.83. The number of methoxy groups -OCH3 is 1. The lowest BCUT2D eigenvalue weighted by molar-refractivity contribution is -0.129. The van der Waals surface area contributed by atoms with Crippen LogP contribution in [0.25, 0.3) is 5.69 Å². The molecule has 1 aromatic heterocycles. The van der Waals surface area contributed by atoms with Gasteiger partial charge in [-0.2, -0.15) is 0 Å². The highest BCUT2D eigenvalue weighted by molar-refractivity contribution is 7.99. The molecule has 1 aliphatic heterocycles. The Hall–Kier alpha value is -3.33. The summed E-state index contributed by atoms with van der Waals surface area (Å²) >= 11 is 1.37. The van der Waals surface area contributed by atoms with Gasteiger partial charge in [-0.1, -0.05) is 43.8 Å². The van der Waals surface area contributed by atoms with Crippen LogP contribution >= 0.6 is 11.8 Å². The van der Waals surface area contributed by atoms with Crippen molar-refractivity contribution in [1.82, 2.24) is 24.6 Å². The average molecular weight is 480 g/mol. The van der Waals surface area contributed by atoms with Crippen molar-refractivity contribution in [2.45, 2.75) is 24.9 Å². The maximum atomic E-state index is 12.8. The van der Waals surface area contributed by atoms with E-state index in [2.05, 4.69) is 36.2 Å². The van der Waals surface area contributed by atoms with Gasteiger partial charge < -0.3 is 14.5 Å². The van der Waals surface area contributed by atoms with Gasteiger partial charge in [0.2, 0.25) is 5.91 Å². The zero-order valence-electron chi connectivity index (χ0n) is 19.7. The predicted octanol–water partition coefficient (Wildman–Crippen LogP) is 3.48. The summed E-state index contributed by atoms with van der Waals surface area (Å²) < 4.78 is 7.11. The summed E-state index contributed by atoms with van der Waals surface area (Å²) in [6.07, 6.45) is 1.67. The Balaban J connectivity index is 1.30. The SMILES string of the molecule is COc1cccc(C(=O)N2CCN(C(=O)CSc3nncn3-c3ccc(C(C)C)cc3)CC2)c1. The standard InChI is InChI=1S/C25H29N5O3S/c1-18(2)19-7-9-21(10-8-19)30-17-26-27-25(30)34-16-23(31)28-11-13-29(14-12-28)24(32)20-5-4-6-22(15-20)33-3/h4-10,15,17-18H,11-14,16H2,1-3H3. The molecular weight excluding hydrogens is 450 g/mol. The van der Waals surface area contributed by atoms with E-state index in [0.29, 0.717) is 48.6 Å². The number of piperazine rings is 1. The molecule has 0 atom stereocenters. The van der Waals surface area contributed by atoms with Crippen LogP contribution in [0.4, 0.5) is 0 Å². The number of carbonyl (C=O) groups is 2. The molecule has 1 saturated heterocycles. The number of rotatable bonds is 7. The van der Waals surface area contributed by atoms with Crippen molar-refractivity contribution < 1.29 is 14.3 Å². The molecule has 1 aliphatic rings. The van der Waals surface area contributed by atoms with E-state index >= 15 is 0 Å². The lowest BCUT2D eigenvalue weighted by Crippen LogP contribution is -2.51. The number of amides is 2. The molecule has 4 rings (SSSR count). The van der Waals surface area contributed by atoms with Gasteiger partial charge in [-0.15, -0.1) is 10.2 Å². The fraction of sp³-hybridized carbons (Fsp3) is 0.360. The van der Waals surface area contributed by atoms with E-state index in [9.17, 15) is 9.59 Å². The second-order valence-electron chi connectivity index (χ2n) is 8.42. The van der Waals surface area contributed by atoms with Crippen LogP contribution < -0.4 is 4.74 Å². The first kappa shape index (κ1) is 23.8. The van der Waals surface area contributed by atoms with Crippen LogP contribution in [0.15, 0.2) is 60.0 Å². The first-order valence-electron chi connectivity index (χ1n) is 11.3. The highest BCUT2D eigenvalue weighted by Crippen LogP contribution is 2.22. The van der Waals surface area contributed by atoms with Gasteiger partial charge in [-0.3, -0.25) is 14.2 Å². The first-order chi connectivity index (χ1) is 16.5. The van der Waals surface area contributed by atoms with Crippen LogP contribution in [-0.2, 0) is 4.79 Å². The Morgan fingerprint density at radius 1 is 1.03 bits per heavy atom. The largest absolute Gasteiger partial charge is 0.497 e. The highest BCUT2D eigenvalue weighted by Gasteiger charge is 2.25. The monoisotopic (exact) mass is 479 g/mol. The van der Waals surface area contributed by atoms with E-state index in [4.69, 9.17) is 4.74 Å². The zero-order valence-corrected chi connectivity index (χ0v) is 20.5. The third kappa shape index (κ3) is 5.41. The van der Waals surface area contributed by atoms with Crippen molar-refractivity contribution >= 4 is 23.6 Å². The molecule has 3 aromatic rings. The number of carbonyl (C=O) groups excluding carboxylic acids is 2. The molecule has 34 heavy (non-hydrogen) atoms. The number of thioether (sulfide) groups is 1. The van der Waals surface area contributed by atoms with Crippen LogP contribution in [0.3, 0.4) is 0 Å². The summed E-state index contributed by atoms with van der Waals surface area (Å²) in [6, 6.07) is 15.4. The van der Waals surface area contributed by atoms with Gasteiger partial charge in [0.25, 0.3) is 5.91 Å². The Morgan fingerprint density at radius 2 is 1.74 bits per heavy atom. The summed E-state index contributed by atoms with van der Waals surface area (Å²) in [5.74, 6) is 1.38. The molecule has 0 radical (unpaired) electrons. The minimum Gasteiger partial charge on any atom is -0.497 e. The molecule has 0 bridgehead atoms. The lowest BCUT2D eigenvalue weighted by atomic mass is 10.0. The topological polar surface area (TPSA) is 80.6 Å². The van der Waals surface area contributed by atoms with Gasteiger partial charge in [0.05, 0.1) is 12.9 Å². The van der Waals surface area contributed by atoms with Crippen LogP contribution in [0.5, 0.6) is 5.75 Å². The average Bonchev–Trinajstić information content (AvgIpc) is 3.35. The second-order valence-corrected chi connectivity index (χ2v) is 9.37. The highest BCUT2D eigenvalue weighted by atomic mass is 32.2. The number of ether oxygens (including phenoxy) is 1. The molecule has 2 aromatic carbocycles. The Morgan fingerprint density at radius 3 is 2.41 bits per heavy atom. The number of hydrogen-bond acceptors (Lipinski definition) is 6. The normalized spacial score (nSPS) is 13.9. The molecular formula is C25H29N5O3S. The summed E-state index contributed by atoms with van der Waals surface area (Å²) in [4.78, 5) is 29.2. The van der Waals surface area contributed by atoms with Crippen LogP contribution in [0.1, 0.15) is 35.7 Å². The van der Waals surface area contributed by atoms with Gasteiger partial charge in [-0.25, -0.2) is 0 Å². The number of nitrogens with zero attached hydrogens (tertiary/aromatic N) is 5. The van der Waals surface area contributed by atoms with E-state index < -0.39 is 0 Å². The van der Waals surface area contributed by atoms with E-state index in [1.165, 1.54) is 17.3 Å². The third-order valence-corrected chi connectivity index (χ3v) is 6.84. The third-order valence-electron chi connectivity index (χ3n) is 5.92. The Kier molecular flexibility index (Phi) is 7.52. The second kappa shape index (κ2) is 10.7. The van der Waals surface area contributed by atoms with Crippen molar-refractivity contribution in [2.24, 2.45) is 0 Å². The fourth-order valence-electron chi connectivity index (χ4n) is 3.83. The van der Waals surface area contributed by atoms with E-state index in [-0.39, 0.29) is 17.6 Å². The van der Waals surface area contributed by atoms with Gasteiger partial charge in [-0.05, 0) is 41.8 Å². The summed E-state index contributed by atoms with van der Waals surface area (Å²) in [7, 11) is 1.58. The van der Waals surface area contributed by atoms with Gasteiger partial charge in [0, 0.05) is 37.4 Å². The predicted molar refractivity (Wildman–Crippen MR) is 132 cm³/mol. The van der Waals surface area contributed by atoms with Crippen molar-refractivity contribution in [3.63, 3.8) is 0 Å². The number of hydrogen-bond donors (Lipinski definition) is 0. The Labute approximate surface area is 203 Å². The molecule has 0 N–H and O–H groups in total. The maximum Gasteiger partial charge on any atom is 0.254 e. The molecule has 0 spiro atoms. The first-order valence-corrected chi connectivity index (χ1v) is 12.3. The van der Waals surface area contributed by atoms with Crippen molar-refractivity contribution in [3.8, 4) is 11.4 Å². The molecule has 178 valence electrons. The lowest BCUT2D eigenvalue weighted by Gasteiger charge is -2.34. The minimum atomic E-state index is -0.0445. The van der Waals surface area contributed by atoms with Gasteiger partial charge in [0.15, 0.2) is 5.16 Å². The van der Waals surface area contributed by atoms with Crippen LogP contribution in [0.2, 0.25) is 0 Å². The van der Waals surface area contributed by atoms with Gasteiger partial charge in [0.1, 0.15) is 12.1 Å². The van der Waals surface area contributed by atoms with Crippen molar-refractivity contribution in [3.05, 3.63) is 66.0 Å². The van der Waals surface area contributed by atoms with E-state index in [0.717, 1.165) is 5.69 Å². The zero-order chi connectivity index (χ0) is 24.1. The molecule has 1 fully saturated rings. The van der Waals surface area contributed by atoms with Crippen molar-refractivity contribution in [1.29, 1.82) is 0 Å². The summed E-state index contributed by atoms with van der Waals surface area (Å²) in [6.45, 7) is 6.36. The molecule has 8 nitrogen and oxygen atoms in total. The maximum absolute atomic E-state index is 12.8. The number of aromatic nitrogens is 3.